The first-order valence-corrected chi connectivity index (χ1v) is 9.56. The SMILES string of the molecule is CC(C)(C)OC(=O)NCCC1=Nc2[nH]ncc2C(c2cccc3nonc23)C1C#N. The topological polar surface area (TPSA) is 142 Å². The lowest BCUT2D eigenvalue weighted by Crippen LogP contribution is -2.35. The molecule has 0 spiro atoms. The predicted molar refractivity (Wildman–Crippen MR) is 107 cm³/mol. The van der Waals surface area contributed by atoms with E-state index in [4.69, 9.17) is 9.37 Å². The van der Waals surface area contributed by atoms with Crippen LogP contribution < -0.4 is 5.32 Å². The van der Waals surface area contributed by atoms with Crippen LogP contribution in [0.3, 0.4) is 0 Å². The fraction of sp³-hybridized carbons (Fsp3) is 0.400. The van der Waals surface area contributed by atoms with E-state index in [-0.39, 0.29) is 12.5 Å². The number of fused-ring (bicyclic) bond motifs is 2. The second-order valence-corrected chi connectivity index (χ2v) is 8.02. The molecule has 154 valence electrons. The summed E-state index contributed by atoms with van der Waals surface area (Å²) < 4.78 is 10.2. The Morgan fingerprint density at radius 1 is 1.33 bits per heavy atom. The van der Waals surface area contributed by atoms with Gasteiger partial charge in [-0.05, 0) is 42.7 Å². The first kappa shape index (κ1) is 19.6. The van der Waals surface area contributed by atoms with Crippen LogP contribution in [-0.2, 0) is 4.74 Å². The molecule has 0 fully saturated rings. The number of aromatic nitrogens is 4. The molecule has 2 atom stereocenters. The average Bonchev–Trinajstić information content (AvgIpc) is 3.34. The van der Waals surface area contributed by atoms with Gasteiger partial charge in [0.2, 0.25) is 0 Å². The van der Waals surface area contributed by atoms with Gasteiger partial charge in [0.15, 0.2) is 5.82 Å². The third-order valence-corrected chi connectivity index (χ3v) is 4.77. The number of H-pyrrole nitrogens is 1. The first-order valence-electron chi connectivity index (χ1n) is 9.56. The molecule has 1 aliphatic heterocycles. The van der Waals surface area contributed by atoms with Gasteiger partial charge in [0.05, 0.1) is 18.2 Å². The van der Waals surface area contributed by atoms with Crippen LogP contribution in [0.4, 0.5) is 10.6 Å². The van der Waals surface area contributed by atoms with E-state index in [9.17, 15) is 10.1 Å². The van der Waals surface area contributed by atoms with Crippen LogP contribution in [0.1, 0.15) is 44.2 Å². The summed E-state index contributed by atoms with van der Waals surface area (Å²) in [5.74, 6) is -0.307. The number of rotatable bonds is 4. The van der Waals surface area contributed by atoms with Gasteiger partial charge in [-0.15, -0.1) is 0 Å². The van der Waals surface area contributed by atoms with Gasteiger partial charge >= 0.3 is 6.09 Å². The number of alkyl carbamates (subject to hydrolysis) is 1. The third-order valence-electron chi connectivity index (χ3n) is 4.77. The van der Waals surface area contributed by atoms with Crippen LogP contribution in [0.25, 0.3) is 11.0 Å². The van der Waals surface area contributed by atoms with E-state index < -0.39 is 17.6 Å². The molecule has 0 saturated carbocycles. The smallest absolute Gasteiger partial charge is 0.407 e. The van der Waals surface area contributed by atoms with Gasteiger partial charge in [0.1, 0.15) is 16.6 Å². The molecular formula is C20H21N7O3. The van der Waals surface area contributed by atoms with Crippen LogP contribution in [0, 0.1) is 17.2 Å². The Balaban J connectivity index is 1.61. The minimum absolute atomic E-state index is 0.290. The van der Waals surface area contributed by atoms with E-state index in [0.717, 1.165) is 11.1 Å². The second-order valence-electron chi connectivity index (χ2n) is 8.02. The number of nitrogens with one attached hydrogen (secondary N) is 2. The molecule has 2 aromatic heterocycles. The molecule has 1 amide bonds. The van der Waals surface area contributed by atoms with Gasteiger partial charge < -0.3 is 10.1 Å². The highest BCUT2D eigenvalue weighted by Gasteiger charge is 2.37. The second kappa shape index (κ2) is 7.59. The van der Waals surface area contributed by atoms with Gasteiger partial charge in [-0.25, -0.2) is 14.4 Å². The molecule has 3 heterocycles. The van der Waals surface area contributed by atoms with E-state index in [0.29, 0.717) is 29.0 Å². The number of aromatic amines is 1. The number of hydrogen-bond acceptors (Lipinski definition) is 8. The Morgan fingerprint density at radius 2 is 2.17 bits per heavy atom. The van der Waals surface area contributed by atoms with E-state index >= 15 is 0 Å². The summed E-state index contributed by atoms with van der Waals surface area (Å²) >= 11 is 0. The van der Waals surface area contributed by atoms with Crippen molar-refractivity contribution in [1.82, 2.24) is 25.8 Å². The molecule has 2 unspecified atom stereocenters. The van der Waals surface area contributed by atoms with Crippen LogP contribution >= 0.6 is 0 Å². The van der Waals surface area contributed by atoms with Gasteiger partial charge in [0.25, 0.3) is 0 Å². The summed E-state index contributed by atoms with van der Waals surface area (Å²) in [7, 11) is 0. The highest BCUT2D eigenvalue weighted by molar-refractivity contribution is 5.95. The lowest BCUT2D eigenvalue weighted by Gasteiger charge is -2.27. The van der Waals surface area contributed by atoms with Gasteiger partial charge in [-0.1, -0.05) is 12.1 Å². The molecule has 0 aliphatic carbocycles. The number of nitrogens with zero attached hydrogens (tertiary/aromatic N) is 5. The predicted octanol–water partition coefficient (Wildman–Crippen LogP) is 3.22. The Kier molecular flexibility index (Phi) is 4.95. The van der Waals surface area contributed by atoms with Crippen molar-refractivity contribution in [3.63, 3.8) is 0 Å². The van der Waals surface area contributed by atoms with Crippen molar-refractivity contribution >= 4 is 28.7 Å². The van der Waals surface area contributed by atoms with Crippen LogP contribution in [0.2, 0.25) is 0 Å². The number of carbonyl (C=O) groups is 1. The third kappa shape index (κ3) is 3.74. The maximum absolute atomic E-state index is 11.9. The Morgan fingerprint density at radius 3 is 2.93 bits per heavy atom. The number of aliphatic imine (C=N–C) groups is 1. The molecule has 30 heavy (non-hydrogen) atoms. The lowest BCUT2D eigenvalue weighted by atomic mass is 9.77. The largest absolute Gasteiger partial charge is 0.444 e. The zero-order valence-electron chi connectivity index (χ0n) is 16.8. The van der Waals surface area contributed by atoms with E-state index in [2.05, 4.69) is 36.9 Å². The molecule has 1 aliphatic rings. The quantitative estimate of drug-likeness (QED) is 0.676. The number of nitriles is 1. The molecular weight excluding hydrogens is 386 g/mol. The summed E-state index contributed by atoms with van der Waals surface area (Å²) in [6.45, 7) is 5.69. The van der Waals surface area contributed by atoms with Gasteiger partial charge in [0, 0.05) is 30.2 Å². The maximum Gasteiger partial charge on any atom is 0.407 e. The van der Waals surface area contributed by atoms with Crippen LogP contribution in [0.15, 0.2) is 34.0 Å². The number of hydrogen-bond donors (Lipinski definition) is 2. The van der Waals surface area contributed by atoms with E-state index in [1.54, 1.807) is 33.0 Å². The van der Waals surface area contributed by atoms with Gasteiger partial charge in [-0.2, -0.15) is 10.4 Å². The molecule has 10 heteroatoms. The van der Waals surface area contributed by atoms with Crippen molar-refractivity contribution in [1.29, 1.82) is 5.26 Å². The highest BCUT2D eigenvalue weighted by atomic mass is 16.6. The normalized spacial score (nSPS) is 18.4. The maximum atomic E-state index is 11.9. The van der Waals surface area contributed by atoms with Crippen molar-refractivity contribution in [3.05, 3.63) is 35.5 Å². The highest BCUT2D eigenvalue weighted by Crippen LogP contribution is 2.43. The van der Waals surface area contributed by atoms with Crippen molar-refractivity contribution in [3.8, 4) is 6.07 Å². The monoisotopic (exact) mass is 407 g/mol. The first-order chi connectivity index (χ1) is 14.4. The molecule has 1 aromatic carbocycles. The minimum Gasteiger partial charge on any atom is -0.444 e. The summed E-state index contributed by atoms with van der Waals surface area (Å²) in [6.07, 6.45) is 1.56. The fourth-order valence-electron chi connectivity index (χ4n) is 3.58. The van der Waals surface area contributed by atoms with Crippen molar-refractivity contribution in [2.75, 3.05) is 6.54 Å². The van der Waals surface area contributed by atoms with E-state index in [1.165, 1.54) is 0 Å². The summed E-state index contributed by atoms with van der Waals surface area (Å²) in [5, 5.41) is 27.6. The summed E-state index contributed by atoms with van der Waals surface area (Å²) in [4.78, 5) is 16.5. The van der Waals surface area contributed by atoms with Crippen molar-refractivity contribution in [2.24, 2.45) is 10.9 Å². The van der Waals surface area contributed by atoms with Gasteiger partial charge in [-0.3, -0.25) is 5.10 Å². The molecule has 0 radical (unpaired) electrons. The zero-order chi connectivity index (χ0) is 21.3. The number of benzene rings is 1. The Labute approximate surface area is 172 Å². The molecule has 3 aromatic rings. The fourth-order valence-corrected chi connectivity index (χ4v) is 3.58. The van der Waals surface area contributed by atoms with Crippen molar-refractivity contribution < 1.29 is 14.2 Å². The van der Waals surface area contributed by atoms with Crippen molar-refractivity contribution in [2.45, 2.75) is 38.7 Å². The lowest BCUT2D eigenvalue weighted by molar-refractivity contribution is 0.0529. The number of ether oxygens (including phenoxy) is 1. The Bertz CT molecular complexity index is 1150. The number of carbonyl (C=O) groups excluding carboxylic acids is 1. The molecule has 10 nitrogen and oxygen atoms in total. The molecule has 0 saturated heterocycles. The molecule has 4 rings (SSSR count). The molecule has 0 bridgehead atoms. The standard InChI is InChI=1S/C20H21N7O3/c1-20(2,3)29-19(28)22-8-7-14-12(9-21)16(13-10-23-25-18(13)24-14)11-5-4-6-15-17(11)27-30-26-15/h4-6,10,12,16H,7-8H2,1-3H3,(H,22,28)(H,23,25). The van der Waals surface area contributed by atoms with E-state index in [1.807, 2.05) is 12.1 Å². The zero-order valence-corrected chi connectivity index (χ0v) is 16.8. The molecule has 2 N–H and O–H groups in total. The Hall–Kier alpha value is -3.74. The van der Waals surface area contributed by atoms with Crippen LogP contribution in [-0.4, -0.2) is 44.5 Å². The summed E-state index contributed by atoms with van der Waals surface area (Å²) in [5.41, 5.74) is 2.90. The average molecular weight is 407 g/mol. The van der Waals surface area contributed by atoms with Crippen LogP contribution in [0.5, 0.6) is 0 Å². The minimum atomic E-state index is -0.581. The number of amides is 1. The summed E-state index contributed by atoms with van der Waals surface area (Å²) in [6, 6.07) is 7.93.